The van der Waals surface area contributed by atoms with Crippen LogP contribution in [0.1, 0.15) is 57.1 Å². The second-order valence-electron chi connectivity index (χ2n) is 4.42. The molecular formula is C14H21BrO. The average Bonchev–Trinajstić information content (AvgIpc) is 2.28. The first-order valence-electron chi connectivity index (χ1n) is 6.11. The lowest BCUT2D eigenvalue weighted by Gasteiger charge is -2.14. The highest BCUT2D eigenvalue weighted by atomic mass is 79.9. The Kier molecular flexibility index (Phi) is 5.33. The lowest BCUT2D eigenvalue weighted by atomic mass is 9.96. The fourth-order valence-electron chi connectivity index (χ4n) is 1.78. The van der Waals surface area contributed by atoms with Crippen LogP contribution >= 0.6 is 15.9 Å². The third-order valence-electron chi connectivity index (χ3n) is 3.14. The maximum absolute atomic E-state index is 9.97. The predicted octanol–water partition coefficient (Wildman–Crippen LogP) is 5.01. The zero-order valence-electron chi connectivity index (χ0n) is 10.4. The number of phenols is 1. The summed E-state index contributed by atoms with van der Waals surface area (Å²) in [6.07, 6.45) is 4.33. The van der Waals surface area contributed by atoms with E-state index >= 15 is 0 Å². The van der Waals surface area contributed by atoms with Crippen LogP contribution in [-0.2, 0) is 6.42 Å². The molecule has 0 aliphatic carbocycles. The highest BCUT2D eigenvalue weighted by Gasteiger charge is 2.11. The molecule has 16 heavy (non-hydrogen) atoms. The molecule has 1 atom stereocenters. The van der Waals surface area contributed by atoms with Crippen LogP contribution in [0.3, 0.4) is 0 Å². The number of hydrogen-bond acceptors (Lipinski definition) is 1. The molecule has 0 heterocycles. The van der Waals surface area contributed by atoms with Gasteiger partial charge in [-0.1, -0.05) is 43.1 Å². The molecule has 1 aromatic carbocycles. The highest BCUT2D eigenvalue weighted by Crippen LogP contribution is 2.33. The van der Waals surface area contributed by atoms with E-state index in [9.17, 15) is 5.11 Å². The number of phenolic OH excluding ortho intramolecular Hbond substituents is 1. The monoisotopic (exact) mass is 284 g/mol. The number of benzene rings is 1. The molecule has 0 fully saturated rings. The summed E-state index contributed by atoms with van der Waals surface area (Å²) in [6.45, 7) is 6.52. The van der Waals surface area contributed by atoms with Gasteiger partial charge in [0.05, 0.1) is 0 Å². The molecular weight excluding hydrogens is 264 g/mol. The molecule has 90 valence electrons. The molecule has 0 aromatic heterocycles. The van der Waals surface area contributed by atoms with E-state index in [0.29, 0.717) is 11.7 Å². The summed E-state index contributed by atoms with van der Waals surface area (Å²) < 4.78 is 1.13. The molecule has 1 aromatic rings. The van der Waals surface area contributed by atoms with Crippen molar-refractivity contribution in [1.82, 2.24) is 0 Å². The van der Waals surface area contributed by atoms with Crippen molar-refractivity contribution in [2.45, 2.75) is 52.4 Å². The van der Waals surface area contributed by atoms with Crippen LogP contribution in [-0.4, -0.2) is 5.11 Å². The van der Waals surface area contributed by atoms with Gasteiger partial charge in [-0.2, -0.15) is 0 Å². The minimum Gasteiger partial charge on any atom is -0.508 e. The molecule has 1 rings (SSSR count). The van der Waals surface area contributed by atoms with E-state index in [0.717, 1.165) is 35.7 Å². The smallest absolute Gasteiger partial charge is 0.119 e. The summed E-state index contributed by atoms with van der Waals surface area (Å²) >= 11 is 3.60. The summed E-state index contributed by atoms with van der Waals surface area (Å²) in [6, 6.07) is 4.00. The average molecular weight is 285 g/mol. The molecule has 0 saturated heterocycles. The van der Waals surface area contributed by atoms with Gasteiger partial charge in [0.15, 0.2) is 0 Å². The molecule has 2 heteroatoms. The molecule has 1 N–H and O–H groups in total. The van der Waals surface area contributed by atoms with Crippen molar-refractivity contribution in [2.24, 2.45) is 0 Å². The van der Waals surface area contributed by atoms with Gasteiger partial charge in [0.1, 0.15) is 5.75 Å². The van der Waals surface area contributed by atoms with Gasteiger partial charge in [-0.25, -0.2) is 0 Å². The van der Waals surface area contributed by atoms with Crippen molar-refractivity contribution in [2.75, 3.05) is 0 Å². The lowest BCUT2D eigenvalue weighted by molar-refractivity contribution is 0.465. The van der Waals surface area contributed by atoms with Crippen LogP contribution in [0.4, 0.5) is 0 Å². The third kappa shape index (κ3) is 3.24. The summed E-state index contributed by atoms with van der Waals surface area (Å²) in [4.78, 5) is 0. The Hall–Kier alpha value is -0.500. The lowest BCUT2D eigenvalue weighted by Crippen LogP contribution is -1.95. The molecule has 0 spiro atoms. The van der Waals surface area contributed by atoms with Crippen molar-refractivity contribution in [1.29, 1.82) is 0 Å². The van der Waals surface area contributed by atoms with Crippen molar-refractivity contribution in [3.63, 3.8) is 0 Å². The standard InChI is InChI=1S/C14H21BrO/c1-4-6-7-11-8-13(15)12(9-14(11)16)10(3)5-2/h8-10,16H,4-7H2,1-3H3. The van der Waals surface area contributed by atoms with Crippen LogP contribution in [0.5, 0.6) is 5.75 Å². The SMILES string of the molecule is CCCCc1cc(Br)c(C(C)CC)cc1O. The van der Waals surface area contributed by atoms with E-state index < -0.39 is 0 Å². The second-order valence-corrected chi connectivity index (χ2v) is 5.27. The molecule has 0 saturated carbocycles. The summed E-state index contributed by atoms with van der Waals surface area (Å²) in [7, 11) is 0. The fourth-order valence-corrected chi connectivity index (χ4v) is 2.57. The summed E-state index contributed by atoms with van der Waals surface area (Å²) in [5.74, 6) is 0.937. The van der Waals surface area contributed by atoms with Gasteiger partial charge in [0.25, 0.3) is 0 Å². The summed E-state index contributed by atoms with van der Waals surface area (Å²) in [5, 5.41) is 9.97. The van der Waals surface area contributed by atoms with E-state index in [-0.39, 0.29) is 0 Å². The van der Waals surface area contributed by atoms with Crippen LogP contribution < -0.4 is 0 Å². The molecule has 0 aliphatic rings. The van der Waals surface area contributed by atoms with Crippen molar-refractivity contribution < 1.29 is 5.11 Å². The first kappa shape index (κ1) is 13.6. The van der Waals surface area contributed by atoms with Crippen molar-refractivity contribution in [3.8, 4) is 5.75 Å². The largest absolute Gasteiger partial charge is 0.508 e. The maximum Gasteiger partial charge on any atom is 0.119 e. The molecule has 0 amide bonds. The summed E-state index contributed by atoms with van der Waals surface area (Å²) in [5.41, 5.74) is 2.26. The quantitative estimate of drug-likeness (QED) is 0.806. The first-order chi connectivity index (χ1) is 7.60. The van der Waals surface area contributed by atoms with Gasteiger partial charge in [-0.15, -0.1) is 0 Å². The van der Waals surface area contributed by atoms with E-state index in [1.54, 1.807) is 0 Å². The maximum atomic E-state index is 9.97. The molecule has 0 bridgehead atoms. The molecule has 0 radical (unpaired) electrons. The third-order valence-corrected chi connectivity index (χ3v) is 3.83. The van der Waals surface area contributed by atoms with Crippen LogP contribution in [0.2, 0.25) is 0 Å². The second kappa shape index (κ2) is 6.29. The molecule has 1 unspecified atom stereocenters. The Morgan fingerprint density at radius 1 is 1.31 bits per heavy atom. The Morgan fingerprint density at radius 2 is 2.00 bits per heavy atom. The number of unbranched alkanes of at least 4 members (excludes halogenated alkanes) is 1. The van der Waals surface area contributed by atoms with E-state index in [1.165, 1.54) is 5.56 Å². The number of hydrogen-bond donors (Lipinski definition) is 1. The van der Waals surface area contributed by atoms with Crippen molar-refractivity contribution in [3.05, 3.63) is 27.7 Å². The Balaban J connectivity index is 2.97. The van der Waals surface area contributed by atoms with E-state index in [2.05, 4.69) is 42.8 Å². The number of rotatable bonds is 5. The minimum atomic E-state index is 0.451. The van der Waals surface area contributed by atoms with Gasteiger partial charge in [-0.3, -0.25) is 0 Å². The van der Waals surface area contributed by atoms with Gasteiger partial charge in [0, 0.05) is 4.47 Å². The van der Waals surface area contributed by atoms with Gasteiger partial charge < -0.3 is 5.11 Å². The number of aromatic hydroxyl groups is 1. The zero-order valence-corrected chi connectivity index (χ0v) is 12.0. The zero-order chi connectivity index (χ0) is 12.1. The normalized spacial score (nSPS) is 12.8. The van der Waals surface area contributed by atoms with E-state index in [4.69, 9.17) is 0 Å². The Morgan fingerprint density at radius 3 is 2.56 bits per heavy atom. The van der Waals surface area contributed by atoms with Gasteiger partial charge >= 0.3 is 0 Å². The Labute approximate surface area is 107 Å². The number of halogens is 1. The fraction of sp³-hybridized carbons (Fsp3) is 0.571. The van der Waals surface area contributed by atoms with Gasteiger partial charge in [0.2, 0.25) is 0 Å². The van der Waals surface area contributed by atoms with Crippen LogP contribution in [0, 0.1) is 0 Å². The van der Waals surface area contributed by atoms with Crippen LogP contribution in [0.15, 0.2) is 16.6 Å². The van der Waals surface area contributed by atoms with Gasteiger partial charge in [-0.05, 0) is 48.4 Å². The molecule has 0 aliphatic heterocycles. The first-order valence-corrected chi connectivity index (χ1v) is 6.90. The minimum absolute atomic E-state index is 0.451. The number of aryl methyl sites for hydroxylation is 1. The molecule has 1 nitrogen and oxygen atoms in total. The van der Waals surface area contributed by atoms with E-state index in [1.807, 2.05) is 6.07 Å². The predicted molar refractivity (Wildman–Crippen MR) is 73.1 cm³/mol. The van der Waals surface area contributed by atoms with Crippen molar-refractivity contribution >= 4 is 15.9 Å². The Bertz CT molecular complexity index is 347. The highest BCUT2D eigenvalue weighted by molar-refractivity contribution is 9.10. The topological polar surface area (TPSA) is 20.2 Å². The van der Waals surface area contributed by atoms with Crippen LogP contribution in [0.25, 0.3) is 0 Å².